The summed E-state index contributed by atoms with van der Waals surface area (Å²) in [6.07, 6.45) is 0. The maximum Gasteiger partial charge on any atom is 0.188 e. The minimum absolute atomic E-state index is 0.165. The van der Waals surface area contributed by atoms with Gasteiger partial charge in [-0.05, 0) is 48.0 Å². The van der Waals surface area contributed by atoms with E-state index in [-0.39, 0.29) is 6.79 Å². The molecule has 23 heavy (non-hydrogen) atoms. The average Bonchev–Trinajstić information content (AvgIpc) is 3.04. The van der Waals surface area contributed by atoms with Crippen molar-refractivity contribution >= 4 is 10.9 Å². The molecule has 0 saturated carbocycles. The molecule has 0 bridgehead atoms. The van der Waals surface area contributed by atoms with Crippen LogP contribution in [0.1, 0.15) is 0 Å². The summed E-state index contributed by atoms with van der Waals surface area (Å²) >= 11 is 0. The Morgan fingerprint density at radius 3 is 2.35 bits per heavy atom. The number of methoxy groups -OCH3 is 3. The highest BCUT2D eigenvalue weighted by atomic mass is 16.7. The van der Waals surface area contributed by atoms with Gasteiger partial charge in [0.25, 0.3) is 0 Å². The van der Waals surface area contributed by atoms with Gasteiger partial charge in [0, 0.05) is 23.7 Å². The van der Waals surface area contributed by atoms with Crippen LogP contribution in [0.4, 0.5) is 0 Å². The van der Waals surface area contributed by atoms with Gasteiger partial charge in [0.05, 0.1) is 14.2 Å². The van der Waals surface area contributed by atoms with E-state index in [0.717, 1.165) is 27.9 Å². The molecule has 0 unspecified atom stereocenters. The smallest absolute Gasteiger partial charge is 0.188 e. The molecule has 5 nitrogen and oxygen atoms in total. The Bertz CT molecular complexity index is 793. The molecule has 0 aliphatic rings. The molecule has 3 aromatic rings. The van der Waals surface area contributed by atoms with E-state index < -0.39 is 0 Å². The van der Waals surface area contributed by atoms with Crippen LogP contribution in [-0.2, 0) is 4.74 Å². The lowest BCUT2D eigenvalue weighted by Gasteiger charge is -2.10. The Hall–Kier alpha value is -2.66. The van der Waals surface area contributed by atoms with E-state index in [1.165, 1.54) is 0 Å². The van der Waals surface area contributed by atoms with Crippen molar-refractivity contribution < 1.29 is 18.9 Å². The van der Waals surface area contributed by atoms with Crippen LogP contribution in [-0.4, -0.2) is 33.1 Å². The van der Waals surface area contributed by atoms with Crippen LogP contribution < -0.4 is 14.2 Å². The summed E-state index contributed by atoms with van der Waals surface area (Å²) in [5.41, 5.74) is 3.04. The molecule has 3 rings (SSSR count). The Balaban J connectivity index is 2.06. The van der Waals surface area contributed by atoms with Crippen molar-refractivity contribution in [2.75, 3.05) is 28.1 Å². The number of aromatic nitrogens is 1. The number of hydrogen-bond acceptors (Lipinski definition) is 4. The van der Waals surface area contributed by atoms with E-state index >= 15 is 0 Å². The third-order valence-corrected chi connectivity index (χ3v) is 3.66. The Morgan fingerprint density at radius 2 is 1.70 bits per heavy atom. The molecule has 0 aliphatic heterocycles. The summed E-state index contributed by atoms with van der Waals surface area (Å²) < 4.78 is 21.3. The number of H-pyrrole nitrogens is 1. The molecule has 1 N–H and O–H groups in total. The molecule has 2 aromatic carbocycles. The fraction of sp³-hybridized carbons (Fsp3) is 0.222. The first-order valence-corrected chi connectivity index (χ1v) is 7.22. The van der Waals surface area contributed by atoms with Gasteiger partial charge in [-0.15, -0.1) is 0 Å². The van der Waals surface area contributed by atoms with Crippen LogP contribution in [0.15, 0.2) is 42.5 Å². The Labute approximate surface area is 134 Å². The molecule has 5 heteroatoms. The fourth-order valence-electron chi connectivity index (χ4n) is 2.51. The lowest BCUT2D eigenvalue weighted by Crippen LogP contribution is -2.00. The zero-order chi connectivity index (χ0) is 16.2. The van der Waals surface area contributed by atoms with Crippen molar-refractivity contribution in [1.82, 2.24) is 4.98 Å². The highest BCUT2D eigenvalue weighted by Gasteiger charge is 2.13. The van der Waals surface area contributed by atoms with Crippen molar-refractivity contribution in [3.05, 3.63) is 42.5 Å². The zero-order valence-corrected chi connectivity index (χ0v) is 13.4. The number of ether oxygens (including phenoxy) is 4. The summed E-state index contributed by atoms with van der Waals surface area (Å²) in [7, 11) is 4.87. The molecule has 120 valence electrons. The van der Waals surface area contributed by atoms with Gasteiger partial charge in [-0.2, -0.15) is 0 Å². The zero-order valence-electron chi connectivity index (χ0n) is 13.4. The summed E-state index contributed by atoms with van der Waals surface area (Å²) in [5.74, 6) is 2.17. The van der Waals surface area contributed by atoms with E-state index in [2.05, 4.69) is 4.98 Å². The molecule has 0 aliphatic carbocycles. The minimum atomic E-state index is 0.165. The number of nitrogens with one attached hydrogen (secondary N) is 1. The number of fused-ring (bicyclic) bond motifs is 1. The topological polar surface area (TPSA) is 52.7 Å². The molecule has 0 amide bonds. The van der Waals surface area contributed by atoms with E-state index in [0.29, 0.717) is 11.5 Å². The molecule has 0 atom stereocenters. The van der Waals surface area contributed by atoms with E-state index in [4.69, 9.17) is 18.9 Å². The second-order valence-corrected chi connectivity index (χ2v) is 5.02. The highest BCUT2D eigenvalue weighted by molar-refractivity contribution is 5.93. The second-order valence-electron chi connectivity index (χ2n) is 5.02. The third-order valence-electron chi connectivity index (χ3n) is 3.66. The summed E-state index contributed by atoms with van der Waals surface area (Å²) in [5, 5.41) is 0.951. The van der Waals surface area contributed by atoms with Crippen LogP contribution >= 0.6 is 0 Å². The first kappa shape index (κ1) is 15.2. The number of rotatable bonds is 6. The summed E-state index contributed by atoms with van der Waals surface area (Å²) in [6, 6.07) is 13.8. The fourth-order valence-corrected chi connectivity index (χ4v) is 2.51. The van der Waals surface area contributed by atoms with Crippen LogP contribution in [0.5, 0.6) is 17.2 Å². The van der Waals surface area contributed by atoms with Gasteiger partial charge in [0.2, 0.25) is 0 Å². The van der Waals surface area contributed by atoms with Gasteiger partial charge in [-0.25, -0.2) is 0 Å². The SMILES string of the molecule is COCOc1c(OC)ccc2[nH]c(-c3ccc(OC)cc3)cc12. The Kier molecular flexibility index (Phi) is 4.39. The van der Waals surface area contributed by atoms with Crippen molar-refractivity contribution in [3.63, 3.8) is 0 Å². The first-order valence-electron chi connectivity index (χ1n) is 7.22. The van der Waals surface area contributed by atoms with Crippen LogP contribution in [0.2, 0.25) is 0 Å². The van der Waals surface area contributed by atoms with Gasteiger partial charge in [0.15, 0.2) is 18.3 Å². The summed E-state index contributed by atoms with van der Waals surface area (Å²) in [6.45, 7) is 0.165. The summed E-state index contributed by atoms with van der Waals surface area (Å²) in [4.78, 5) is 3.40. The van der Waals surface area contributed by atoms with Crippen LogP contribution in [0, 0.1) is 0 Å². The molecule has 1 aromatic heterocycles. The van der Waals surface area contributed by atoms with E-state index in [1.807, 2.05) is 42.5 Å². The van der Waals surface area contributed by atoms with Crippen LogP contribution in [0.25, 0.3) is 22.2 Å². The molecular weight excluding hydrogens is 294 g/mol. The predicted molar refractivity (Wildman–Crippen MR) is 89.3 cm³/mol. The largest absolute Gasteiger partial charge is 0.497 e. The third kappa shape index (κ3) is 2.96. The number of benzene rings is 2. The lowest BCUT2D eigenvalue weighted by molar-refractivity contribution is 0.0503. The van der Waals surface area contributed by atoms with Gasteiger partial charge in [-0.1, -0.05) is 0 Å². The minimum Gasteiger partial charge on any atom is -0.497 e. The standard InChI is InChI=1S/C18H19NO4/c1-20-11-23-18-14-10-16(12-4-6-13(21-2)7-5-12)19-15(14)8-9-17(18)22-3/h4-10,19H,11H2,1-3H3. The molecule has 0 spiro atoms. The first-order chi connectivity index (χ1) is 11.3. The Morgan fingerprint density at radius 1 is 0.913 bits per heavy atom. The van der Waals surface area contributed by atoms with Crippen LogP contribution in [0.3, 0.4) is 0 Å². The normalized spacial score (nSPS) is 10.7. The number of aromatic amines is 1. The van der Waals surface area contributed by atoms with Crippen molar-refractivity contribution in [1.29, 1.82) is 0 Å². The predicted octanol–water partition coefficient (Wildman–Crippen LogP) is 3.83. The molecular formula is C18H19NO4. The molecule has 0 radical (unpaired) electrons. The highest BCUT2D eigenvalue weighted by Crippen LogP contribution is 2.38. The average molecular weight is 313 g/mol. The molecule has 0 fully saturated rings. The van der Waals surface area contributed by atoms with Gasteiger partial charge >= 0.3 is 0 Å². The molecule has 0 saturated heterocycles. The van der Waals surface area contributed by atoms with Gasteiger partial charge in [0.1, 0.15) is 5.75 Å². The maximum atomic E-state index is 5.69. The van der Waals surface area contributed by atoms with Gasteiger partial charge < -0.3 is 23.9 Å². The van der Waals surface area contributed by atoms with Crippen molar-refractivity contribution in [2.24, 2.45) is 0 Å². The van der Waals surface area contributed by atoms with Crippen molar-refractivity contribution in [2.45, 2.75) is 0 Å². The van der Waals surface area contributed by atoms with E-state index in [1.54, 1.807) is 21.3 Å². The van der Waals surface area contributed by atoms with Gasteiger partial charge in [-0.3, -0.25) is 0 Å². The second kappa shape index (κ2) is 6.62. The maximum absolute atomic E-state index is 5.69. The van der Waals surface area contributed by atoms with Crippen molar-refractivity contribution in [3.8, 4) is 28.5 Å². The number of hydrogen-bond donors (Lipinski definition) is 1. The van der Waals surface area contributed by atoms with E-state index in [9.17, 15) is 0 Å². The monoisotopic (exact) mass is 313 g/mol. The lowest BCUT2D eigenvalue weighted by atomic mass is 10.1. The molecule has 1 heterocycles. The quantitative estimate of drug-likeness (QED) is 0.703.